The molecule has 1 amide bonds. The highest BCUT2D eigenvalue weighted by Gasteiger charge is 2.09. The smallest absolute Gasteiger partial charge is 0.239 e. The van der Waals surface area contributed by atoms with Crippen molar-refractivity contribution in [2.45, 2.75) is 13.0 Å². The molecule has 2 aromatic rings. The third-order valence-electron chi connectivity index (χ3n) is 3.24. The van der Waals surface area contributed by atoms with Crippen LogP contribution in [0.4, 0.5) is 0 Å². The summed E-state index contributed by atoms with van der Waals surface area (Å²) in [5.41, 5.74) is 7.50. The van der Waals surface area contributed by atoms with Gasteiger partial charge in [0, 0.05) is 42.9 Å². The molecule has 5 nitrogen and oxygen atoms in total. The fourth-order valence-corrected chi connectivity index (χ4v) is 2.41. The van der Waals surface area contributed by atoms with Crippen molar-refractivity contribution in [3.05, 3.63) is 36.0 Å². The Bertz CT molecular complexity index is 651. The molecule has 0 bridgehead atoms. The van der Waals surface area contributed by atoms with Crippen LogP contribution in [0.3, 0.4) is 0 Å². The first-order chi connectivity index (χ1) is 10.1. The van der Waals surface area contributed by atoms with Gasteiger partial charge >= 0.3 is 0 Å². The second-order valence-corrected chi connectivity index (χ2v) is 5.18. The lowest BCUT2D eigenvalue weighted by Gasteiger charge is -2.08. The summed E-state index contributed by atoms with van der Waals surface area (Å²) in [6.07, 6.45) is 2.68. The van der Waals surface area contributed by atoms with Crippen LogP contribution in [0.1, 0.15) is 12.0 Å². The molecule has 0 aliphatic carbocycles. The van der Waals surface area contributed by atoms with E-state index in [4.69, 9.17) is 22.7 Å². The Morgan fingerprint density at radius 1 is 1.43 bits per heavy atom. The van der Waals surface area contributed by atoms with Gasteiger partial charge in [-0.3, -0.25) is 4.79 Å². The molecule has 0 saturated heterocycles. The Morgan fingerprint density at radius 2 is 2.24 bits per heavy atom. The molecular formula is C15H19N3O2S. The van der Waals surface area contributed by atoms with Crippen LogP contribution in [-0.2, 0) is 16.1 Å². The molecule has 0 atom stereocenters. The molecule has 6 heteroatoms. The van der Waals surface area contributed by atoms with Gasteiger partial charge in [-0.1, -0.05) is 24.4 Å². The minimum absolute atomic E-state index is 0.0238. The van der Waals surface area contributed by atoms with Crippen LogP contribution >= 0.6 is 12.2 Å². The number of nitrogens with two attached hydrogens (primary N) is 1. The minimum atomic E-state index is -0.0238. The van der Waals surface area contributed by atoms with Gasteiger partial charge in [-0.05, 0) is 18.6 Å². The number of amides is 1. The molecule has 112 valence electrons. The number of rotatable bonds is 7. The van der Waals surface area contributed by atoms with E-state index in [1.165, 1.54) is 0 Å². The summed E-state index contributed by atoms with van der Waals surface area (Å²) in [7, 11) is 1.65. The third kappa shape index (κ3) is 3.80. The summed E-state index contributed by atoms with van der Waals surface area (Å²) >= 11 is 5.05. The van der Waals surface area contributed by atoms with E-state index in [9.17, 15) is 4.79 Å². The summed E-state index contributed by atoms with van der Waals surface area (Å²) in [5.74, 6) is -0.0238. The van der Waals surface area contributed by atoms with Gasteiger partial charge in [0.15, 0.2) is 0 Å². The van der Waals surface area contributed by atoms with E-state index in [1.54, 1.807) is 7.11 Å². The summed E-state index contributed by atoms with van der Waals surface area (Å²) in [6.45, 7) is 1.53. The van der Waals surface area contributed by atoms with Crippen molar-refractivity contribution in [3.8, 4) is 0 Å². The van der Waals surface area contributed by atoms with Gasteiger partial charge in [0.25, 0.3) is 0 Å². The van der Waals surface area contributed by atoms with Crippen LogP contribution in [0.2, 0.25) is 0 Å². The highest BCUT2D eigenvalue weighted by atomic mass is 32.1. The van der Waals surface area contributed by atoms with Crippen molar-refractivity contribution >= 4 is 34.0 Å². The molecule has 1 aromatic carbocycles. The maximum absolute atomic E-state index is 11.9. The number of fused-ring (bicyclic) bond motifs is 1. The monoisotopic (exact) mass is 305 g/mol. The first kappa shape index (κ1) is 15.5. The number of carbonyl (C=O) groups excluding carboxylic acids is 1. The van der Waals surface area contributed by atoms with Crippen LogP contribution < -0.4 is 11.1 Å². The number of hydrogen-bond acceptors (Lipinski definition) is 3. The summed E-state index contributed by atoms with van der Waals surface area (Å²) in [5, 5.41) is 3.84. The van der Waals surface area contributed by atoms with E-state index in [-0.39, 0.29) is 12.5 Å². The summed E-state index contributed by atoms with van der Waals surface area (Å²) < 4.78 is 6.83. The number of nitrogens with zero attached hydrogens (tertiary/aromatic N) is 1. The second kappa shape index (κ2) is 7.19. The minimum Gasteiger partial charge on any atom is -0.389 e. The molecule has 1 aromatic heterocycles. The van der Waals surface area contributed by atoms with Crippen LogP contribution in [0, 0.1) is 0 Å². The first-order valence-electron chi connectivity index (χ1n) is 6.77. The molecular weight excluding hydrogens is 286 g/mol. The Kier molecular flexibility index (Phi) is 5.30. The van der Waals surface area contributed by atoms with Gasteiger partial charge in [-0.25, -0.2) is 0 Å². The standard InChI is InChI=1S/C15H19N3O2S/c1-20-9-3-7-17-14(19)10-18-8-6-11-12(15(16)21)4-2-5-13(11)18/h2,4-6,8H,3,7,9-10H2,1H3,(H2,16,21)(H,17,19). The van der Waals surface area contributed by atoms with Crippen LogP contribution in [0.5, 0.6) is 0 Å². The van der Waals surface area contributed by atoms with Crippen LogP contribution in [-0.4, -0.2) is 35.7 Å². The number of thiocarbonyl (C=S) groups is 1. The SMILES string of the molecule is COCCCNC(=O)Cn1ccc2c(C(N)=S)cccc21. The molecule has 0 radical (unpaired) electrons. The number of aromatic nitrogens is 1. The lowest BCUT2D eigenvalue weighted by Crippen LogP contribution is -2.28. The Morgan fingerprint density at radius 3 is 2.95 bits per heavy atom. The average Bonchev–Trinajstić information content (AvgIpc) is 2.86. The van der Waals surface area contributed by atoms with Gasteiger partial charge in [0.2, 0.25) is 5.91 Å². The van der Waals surface area contributed by atoms with E-state index in [2.05, 4.69) is 5.32 Å². The van der Waals surface area contributed by atoms with Gasteiger partial charge in [0.1, 0.15) is 11.5 Å². The fourth-order valence-electron chi connectivity index (χ4n) is 2.23. The lowest BCUT2D eigenvalue weighted by molar-refractivity contribution is -0.121. The van der Waals surface area contributed by atoms with E-state index < -0.39 is 0 Å². The Labute approximate surface area is 129 Å². The van der Waals surface area contributed by atoms with Crippen LogP contribution in [0.15, 0.2) is 30.5 Å². The zero-order valence-electron chi connectivity index (χ0n) is 12.0. The summed E-state index contributed by atoms with van der Waals surface area (Å²) in [6, 6.07) is 7.67. The largest absolute Gasteiger partial charge is 0.389 e. The highest BCUT2D eigenvalue weighted by Crippen LogP contribution is 2.20. The lowest BCUT2D eigenvalue weighted by atomic mass is 10.1. The molecule has 0 aliphatic rings. The predicted molar refractivity (Wildman–Crippen MR) is 87.3 cm³/mol. The highest BCUT2D eigenvalue weighted by molar-refractivity contribution is 7.80. The number of benzene rings is 1. The van der Waals surface area contributed by atoms with Crippen LogP contribution in [0.25, 0.3) is 10.9 Å². The predicted octanol–water partition coefficient (Wildman–Crippen LogP) is 1.43. The molecule has 3 N–H and O–H groups in total. The number of carbonyl (C=O) groups is 1. The quantitative estimate of drug-likeness (QED) is 0.600. The second-order valence-electron chi connectivity index (χ2n) is 4.74. The number of hydrogen-bond donors (Lipinski definition) is 2. The van der Waals surface area contributed by atoms with Crippen molar-refractivity contribution in [1.82, 2.24) is 9.88 Å². The Hall–Kier alpha value is -1.92. The number of methoxy groups -OCH3 is 1. The summed E-state index contributed by atoms with van der Waals surface area (Å²) in [4.78, 5) is 12.3. The molecule has 0 spiro atoms. The number of ether oxygens (including phenoxy) is 1. The van der Waals surface area contributed by atoms with Gasteiger partial charge in [-0.2, -0.15) is 0 Å². The molecule has 1 heterocycles. The molecule has 21 heavy (non-hydrogen) atoms. The number of nitrogens with one attached hydrogen (secondary N) is 1. The molecule has 2 rings (SSSR count). The molecule has 0 saturated carbocycles. The van der Waals surface area contributed by atoms with Crippen molar-refractivity contribution in [3.63, 3.8) is 0 Å². The maximum Gasteiger partial charge on any atom is 0.239 e. The van der Waals surface area contributed by atoms with E-state index in [0.29, 0.717) is 18.1 Å². The fraction of sp³-hybridized carbons (Fsp3) is 0.333. The maximum atomic E-state index is 11.9. The topological polar surface area (TPSA) is 69.3 Å². The van der Waals surface area contributed by atoms with Crippen molar-refractivity contribution in [2.75, 3.05) is 20.3 Å². The van der Waals surface area contributed by atoms with Gasteiger partial charge < -0.3 is 20.4 Å². The molecule has 0 fully saturated rings. The zero-order valence-corrected chi connectivity index (χ0v) is 12.8. The zero-order chi connectivity index (χ0) is 15.2. The third-order valence-corrected chi connectivity index (χ3v) is 3.46. The van der Waals surface area contributed by atoms with E-state index in [1.807, 2.05) is 35.0 Å². The van der Waals surface area contributed by atoms with Crippen molar-refractivity contribution in [2.24, 2.45) is 5.73 Å². The van der Waals surface area contributed by atoms with E-state index in [0.717, 1.165) is 22.9 Å². The normalized spacial score (nSPS) is 10.7. The Balaban J connectivity index is 2.07. The van der Waals surface area contributed by atoms with Crippen molar-refractivity contribution < 1.29 is 9.53 Å². The molecule has 0 unspecified atom stereocenters. The van der Waals surface area contributed by atoms with Crippen molar-refractivity contribution in [1.29, 1.82) is 0 Å². The molecule has 0 aliphatic heterocycles. The first-order valence-corrected chi connectivity index (χ1v) is 7.17. The van der Waals surface area contributed by atoms with E-state index >= 15 is 0 Å². The van der Waals surface area contributed by atoms with Gasteiger partial charge in [0.05, 0.1) is 0 Å². The average molecular weight is 305 g/mol. The van der Waals surface area contributed by atoms with Gasteiger partial charge in [-0.15, -0.1) is 0 Å².